The zero-order valence-corrected chi connectivity index (χ0v) is 15.4. The molecular weight excluding hydrogens is 322 g/mol. The van der Waals surface area contributed by atoms with Gasteiger partial charge in [0.2, 0.25) is 0 Å². The van der Waals surface area contributed by atoms with Crippen molar-refractivity contribution in [3.05, 3.63) is 54.2 Å². The molecule has 1 aromatic carbocycles. The Balaban J connectivity index is 1.32. The fourth-order valence-corrected chi connectivity index (χ4v) is 3.62. The van der Waals surface area contributed by atoms with E-state index in [9.17, 15) is 0 Å². The van der Waals surface area contributed by atoms with Gasteiger partial charge in [0.15, 0.2) is 5.96 Å². The second-order valence-corrected chi connectivity index (χ2v) is 7.20. The Kier molecular flexibility index (Phi) is 5.16. The van der Waals surface area contributed by atoms with E-state index in [1.165, 1.54) is 31.4 Å². The van der Waals surface area contributed by atoms with Crippen molar-refractivity contribution in [2.24, 2.45) is 4.99 Å². The number of pyridine rings is 1. The van der Waals surface area contributed by atoms with E-state index in [0.29, 0.717) is 6.04 Å². The number of rotatable bonds is 5. The fourth-order valence-electron chi connectivity index (χ4n) is 3.62. The van der Waals surface area contributed by atoms with Gasteiger partial charge in [0.25, 0.3) is 0 Å². The Morgan fingerprint density at radius 2 is 2.12 bits per heavy atom. The lowest BCUT2D eigenvalue weighted by Gasteiger charge is -2.18. The molecule has 0 spiro atoms. The van der Waals surface area contributed by atoms with Gasteiger partial charge in [0.1, 0.15) is 0 Å². The Labute approximate surface area is 155 Å². The molecule has 0 radical (unpaired) electrons. The minimum Gasteiger partial charge on any atom is -0.352 e. The highest BCUT2D eigenvalue weighted by Gasteiger charge is 2.34. The van der Waals surface area contributed by atoms with Crippen LogP contribution in [0.2, 0.25) is 0 Å². The van der Waals surface area contributed by atoms with Crippen LogP contribution in [0, 0.1) is 0 Å². The summed E-state index contributed by atoms with van der Waals surface area (Å²) in [6, 6.07) is 15.9. The third-order valence-electron chi connectivity index (χ3n) is 5.19. The third-order valence-corrected chi connectivity index (χ3v) is 5.19. The molecule has 26 heavy (non-hydrogen) atoms. The zero-order chi connectivity index (χ0) is 17.8. The molecule has 0 bridgehead atoms. The van der Waals surface area contributed by atoms with Gasteiger partial charge in [-0.05, 0) is 43.0 Å². The van der Waals surface area contributed by atoms with Crippen molar-refractivity contribution in [2.45, 2.75) is 37.9 Å². The largest absolute Gasteiger partial charge is 0.352 e. The second kappa shape index (κ2) is 7.87. The molecule has 1 saturated heterocycles. The molecule has 4 rings (SSSR count). The monoisotopic (exact) mass is 349 g/mol. The molecule has 136 valence electrons. The molecule has 1 aromatic heterocycles. The molecule has 2 aliphatic rings. The number of nitrogens with one attached hydrogen (secondary N) is 2. The van der Waals surface area contributed by atoms with Crippen molar-refractivity contribution in [3.63, 3.8) is 0 Å². The number of aliphatic imine (C=N–C) groups is 1. The highest BCUT2D eigenvalue weighted by molar-refractivity contribution is 5.80. The van der Waals surface area contributed by atoms with Crippen molar-refractivity contribution in [3.8, 4) is 11.3 Å². The van der Waals surface area contributed by atoms with Crippen LogP contribution >= 0.6 is 0 Å². The van der Waals surface area contributed by atoms with Gasteiger partial charge in [-0.25, -0.2) is 0 Å². The quantitative estimate of drug-likeness (QED) is 0.644. The van der Waals surface area contributed by atoms with Gasteiger partial charge in [-0.15, -0.1) is 0 Å². The first kappa shape index (κ1) is 17.0. The summed E-state index contributed by atoms with van der Waals surface area (Å²) in [5.41, 5.74) is 3.37. The van der Waals surface area contributed by atoms with Gasteiger partial charge in [0, 0.05) is 50.5 Å². The Hall–Kier alpha value is -2.40. The van der Waals surface area contributed by atoms with E-state index in [0.717, 1.165) is 36.3 Å². The number of hydrogen-bond acceptors (Lipinski definition) is 3. The lowest BCUT2D eigenvalue weighted by atomic mass is 10.1. The van der Waals surface area contributed by atoms with Gasteiger partial charge in [-0.2, -0.15) is 0 Å². The van der Waals surface area contributed by atoms with E-state index < -0.39 is 0 Å². The molecule has 2 aromatic rings. The van der Waals surface area contributed by atoms with Crippen LogP contribution in [-0.4, -0.2) is 48.1 Å². The molecule has 1 atom stereocenters. The number of nitrogens with zero attached hydrogens (tertiary/aromatic N) is 3. The van der Waals surface area contributed by atoms with E-state index in [-0.39, 0.29) is 0 Å². The van der Waals surface area contributed by atoms with Gasteiger partial charge in [0.05, 0.1) is 5.69 Å². The van der Waals surface area contributed by atoms with Crippen LogP contribution in [0.15, 0.2) is 53.7 Å². The molecule has 1 aliphatic carbocycles. The average Bonchev–Trinajstić information content (AvgIpc) is 3.45. The van der Waals surface area contributed by atoms with Crippen LogP contribution in [0.25, 0.3) is 11.3 Å². The van der Waals surface area contributed by atoms with E-state index in [1.807, 2.05) is 31.4 Å². The van der Waals surface area contributed by atoms with Crippen molar-refractivity contribution >= 4 is 5.96 Å². The number of guanidine groups is 1. The molecule has 5 nitrogen and oxygen atoms in total. The summed E-state index contributed by atoms with van der Waals surface area (Å²) < 4.78 is 0. The van der Waals surface area contributed by atoms with Gasteiger partial charge < -0.3 is 10.6 Å². The first-order valence-electron chi connectivity index (χ1n) is 9.53. The number of hydrogen-bond donors (Lipinski definition) is 2. The number of benzene rings is 1. The minimum atomic E-state index is 0.502. The van der Waals surface area contributed by atoms with Crippen LogP contribution < -0.4 is 10.6 Å². The summed E-state index contributed by atoms with van der Waals surface area (Å²) in [7, 11) is 1.84. The van der Waals surface area contributed by atoms with E-state index in [1.54, 1.807) is 0 Å². The molecule has 5 heteroatoms. The lowest BCUT2D eigenvalue weighted by molar-refractivity contribution is 0.321. The van der Waals surface area contributed by atoms with E-state index in [2.05, 4.69) is 49.8 Å². The maximum absolute atomic E-state index is 4.44. The van der Waals surface area contributed by atoms with Gasteiger partial charge in [-0.1, -0.05) is 24.3 Å². The SMILES string of the molecule is CN=C(NCc1cccc(-c2ccccn2)c1)NC1CCN(C2CC2)C1. The highest BCUT2D eigenvalue weighted by atomic mass is 15.3. The predicted molar refractivity (Wildman–Crippen MR) is 106 cm³/mol. The molecule has 2 N–H and O–H groups in total. The topological polar surface area (TPSA) is 52.6 Å². The minimum absolute atomic E-state index is 0.502. The summed E-state index contributed by atoms with van der Waals surface area (Å²) in [4.78, 5) is 11.4. The Bertz CT molecular complexity index is 754. The fraction of sp³-hybridized carbons (Fsp3) is 0.429. The van der Waals surface area contributed by atoms with Crippen molar-refractivity contribution in [1.29, 1.82) is 0 Å². The maximum Gasteiger partial charge on any atom is 0.191 e. The summed E-state index contributed by atoms with van der Waals surface area (Å²) in [6.07, 6.45) is 5.80. The summed E-state index contributed by atoms with van der Waals surface area (Å²) in [5, 5.41) is 7.03. The van der Waals surface area contributed by atoms with Gasteiger partial charge in [-0.3, -0.25) is 14.9 Å². The molecular formula is C21H27N5. The van der Waals surface area contributed by atoms with Crippen LogP contribution in [0.5, 0.6) is 0 Å². The summed E-state index contributed by atoms with van der Waals surface area (Å²) in [5.74, 6) is 0.885. The molecule has 1 unspecified atom stereocenters. The molecule has 0 amide bonds. The third kappa shape index (κ3) is 4.22. The predicted octanol–water partition coefficient (Wildman–Crippen LogP) is 2.65. The zero-order valence-electron chi connectivity index (χ0n) is 15.4. The van der Waals surface area contributed by atoms with Crippen molar-refractivity contribution in [1.82, 2.24) is 20.5 Å². The summed E-state index contributed by atoms with van der Waals surface area (Å²) >= 11 is 0. The van der Waals surface area contributed by atoms with Crippen LogP contribution in [-0.2, 0) is 6.54 Å². The Morgan fingerprint density at radius 1 is 1.19 bits per heavy atom. The number of likely N-dealkylation sites (tertiary alicyclic amines) is 1. The van der Waals surface area contributed by atoms with Crippen LogP contribution in [0.3, 0.4) is 0 Å². The smallest absolute Gasteiger partial charge is 0.191 e. The maximum atomic E-state index is 4.44. The Morgan fingerprint density at radius 3 is 2.88 bits per heavy atom. The molecule has 2 fully saturated rings. The first-order chi connectivity index (χ1) is 12.8. The van der Waals surface area contributed by atoms with E-state index in [4.69, 9.17) is 0 Å². The standard InChI is InChI=1S/C21H27N5/c1-22-21(25-18-10-12-26(15-18)19-8-9-19)24-14-16-5-4-6-17(13-16)20-7-2-3-11-23-20/h2-7,11,13,18-19H,8-10,12,14-15H2,1H3,(H2,22,24,25). The second-order valence-electron chi connectivity index (χ2n) is 7.20. The summed E-state index contributed by atoms with van der Waals surface area (Å²) in [6.45, 7) is 3.10. The highest BCUT2D eigenvalue weighted by Crippen LogP contribution is 2.29. The molecule has 1 saturated carbocycles. The van der Waals surface area contributed by atoms with Crippen molar-refractivity contribution in [2.75, 3.05) is 20.1 Å². The van der Waals surface area contributed by atoms with Crippen molar-refractivity contribution < 1.29 is 0 Å². The first-order valence-corrected chi connectivity index (χ1v) is 9.53. The lowest BCUT2D eigenvalue weighted by Crippen LogP contribution is -2.44. The molecule has 1 aliphatic heterocycles. The van der Waals surface area contributed by atoms with Crippen LogP contribution in [0.4, 0.5) is 0 Å². The molecule has 2 heterocycles. The normalized spacial score (nSPS) is 21.0. The number of aromatic nitrogens is 1. The van der Waals surface area contributed by atoms with E-state index >= 15 is 0 Å². The van der Waals surface area contributed by atoms with Crippen LogP contribution in [0.1, 0.15) is 24.8 Å². The van der Waals surface area contributed by atoms with Gasteiger partial charge >= 0.3 is 0 Å². The average molecular weight is 349 g/mol.